The van der Waals surface area contributed by atoms with E-state index in [1.165, 1.54) is 13.8 Å². The van der Waals surface area contributed by atoms with E-state index in [0.29, 0.717) is 5.75 Å². The zero-order chi connectivity index (χ0) is 21.4. The third kappa shape index (κ3) is 6.37. The Hall–Kier alpha value is -3.30. The maximum Gasteiger partial charge on any atom is 0.303 e. The summed E-state index contributed by atoms with van der Waals surface area (Å²) in [7, 11) is 0. The molecule has 1 fully saturated rings. The Labute approximate surface area is 166 Å². The molecule has 0 radical (unpaired) electrons. The molecule has 1 aliphatic heterocycles. The van der Waals surface area contributed by atoms with E-state index in [4.69, 9.17) is 29.2 Å². The molecule has 0 spiro atoms. The molecule has 1 aromatic carbocycles. The van der Waals surface area contributed by atoms with E-state index >= 15 is 0 Å². The van der Waals surface area contributed by atoms with Crippen molar-refractivity contribution in [2.75, 3.05) is 6.61 Å². The van der Waals surface area contributed by atoms with Crippen LogP contribution in [0.4, 0.5) is 0 Å². The van der Waals surface area contributed by atoms with Gasteiger partial charge in [-0.1, -0.05) is 23.3 Å². The van der Waals surface area contributed by atoms with Gasteiger partial charge in [0.2, 0.25) is 6.29 Å². The number of benzene rings is 1. The molecule has 0 bridgehead atoms. The number of carbonyl (C=O) groups excluding carboxylic acids is 3. The number of hydrogen-bond donors (Lipinski definition) is 0. The Kier molecular flexibility index (Phi) is 7.81. The van der Waals surface area contributed by atoms with Crippen molar-refractivity contribution in [2.24, 2.45) is 5.11 Å². The highest BCUT2D eigenvalue weighted by molar-refractivity contribution is 5.67. The zero-order valence-corrected chi connectivity index (χ0v) is 16.1. The van der Waals surface area contributed by atoms with Gasteiger partial charge in [-0.25, -0.2) is 0 Å². The maximum absolute atomic E-state index is 11.6. The number of esters is 3. The van der Waals surface area contributed by atoms with Gasteiger partial charge in [0, 0.05) is 25.7 Å². The fourth-order valence-corrected chi connectivity index (χ4v) is 2.80. The molecule has 1 aromatic rings. The third-order valence-corrected chi connectivity index (χ3v) is 3.85. The Morgan fingerprint density at radius 1 is 1.03 bits per heavy atom. The summed E-state index contributed by atoms with van der Waals surface area (Å²) in [5, 5.41) is 3.65. The van der Waals surface area contributed by atoms with E-state index in [1.807, 2.05) is 0 Å². The average Bonchev–Trinajstić information content (AvgIpc) is 2.65. The SMILES string of the molecule is CC(=O)OCC1O[C@H](Oc2ccccc2)C(OC(C)=O)[C@@H](N=[N+]=[N-])[C@H]1OC(C)=O. The summed E-state index contributed by atoms with van der Waals surface area (Å²) in [6.45, 7) is 3.22. The van der Waals surface area contributed by atoms with E-state index in [9.17, 15) is 14.4 Å². The van der Waals surface area contributed by atoms with Crippen LogP contribution in [0, 0.1) is 0 Å². The fraction of sp³-hybridized carbons (Fsp3) is 0.500. The lowest BCUT2D eigenvalue weighted by atomic mass is 9.96. The average molecular weight is 407 g/mol. The monoisotopic (exact) mass is 407 g/mol. The molecule has 1 aliphatic rings. The molecule has 11 heteroatoms. The Morgan fingerprint density at radius 2 is 1.66 bits per heavy atom. The van der Waals surface area contributed by atoms with Crippen molar-refractivity contribution in [3.05, 3.63) is 40.8 Å². The van der Waals surface area contributed by atoms with E-state index in [1.54, 1.807) is 30.3 Å². The molecule has 0 N–H and O–H groups in total. The Balaban J connectivity index is 2.41. The van der Waals surface area contributed by atoms with Crippen molar-refractivity contribution in [2.45, 2.75) is 51.4 Å². The van der Waals surface area contributed by atoms with Gasteiger partial charge in [-0.3, -0.25) is 14.4 Å². The summed E-state index contributed by atoms with van der Waals surface area (Å²) in [4.78, 5) is 37.2. The predicted octanol–water partition coefficient (Wildman–Crippen LogP) is 1.90. The van der Waals surface area contributed by atoms with E-state index in [2.05, 4.69) is 10.0 Å². The minimum atomic E-state index is -1.22. The molecule has 0 aliphatic carbocycles. The topological polar surface area (TPSA) is 146 Å². The first kappa shape index (κ1) is 22.0. The second kappa shape index (κ2) is 10.3. The van der Waals surface area contributed by atoms with E-state index < -0.39 is 48.6 Å². The van der Waals surface area contributed by atoms with Gasteiger partial charge in [-0.15, -0.1) is 0 Å². The van der Waals surface area contributed by atoms with Gasteiger partial charge in [0.15, 0.2) is 6.10 Å². The molecule has 0 amide bonds. The molecule has 0 saturated carbocycles. The number of para-hydroxylation sites is 1. The van der Waals surface area contributed by atoms with Crippen LogP contribution < -0.4 is 4.74 Å². The summed E-state index contributed by atoms with van der Waals surface area (Å²) < 4.78 is 27.1. The summed E-state index contributed by atoms with van der Waals surface area (Å²) in [6, 6.07) is 7.34. The van der Waals surface area contributed by atoms with Gasteiger partial charge >= 0.3 is 17.9 Å². The van der Waals surface area contributed by atoms with Crippen LogP contribution in [-0.4, -0.2) is 55.2 Å². The minimum absolute atomic E-state index is 0.299. The van der Waals surface area contributed by atoms with Crippen LogP contribution in [-0.2, 0) is 33.3 Å². The van der Waals surface area contributed by atoms with Crippen LogP contribution in [0.2, 0.25) is 0 Å². The van der Waals surface area contributed by atoms with Crippen LogP contribution in [0.5, 0.6) is 5.75 Å². The molecule has 1 saturated heterocycles. The Morgan fingerprint density at radius 3 is 2.21 bits per heavy atom. The van der Waals surface area contributed by atoms with Crippen molar-refractivity contribution >= 4 is 17.9 Å². The number of ether oxygens (including phenoxy) is 5. The van der Waals surface area contributed by atoms with Gasteiger partial charge in [-0.2, -0.15) is 0 Å². The number of nitrogens with zero attached hydrogens (tertiary/aromatic N) is 3. The van der Waals surface area contributed by atoms with E-state index in [0.717, 1.165) is 6.92 Å². The molecule has 2 unspecified atom stereocenters. The number of carbonyl (C=O) groups is 3. The normalized spacial score (nSPS) is 25.8. The molecule has 11 nitrogen and oxygen atoms in total. The minimum Gasteiger partial charge on any atom is -0.463 e. The first-order valence-electron chi connectivity index (χ1n) is 8.71. The molecule has 0 aromatic heterocycles. The molecular weight excluding hydrogens is 386 g/mol. The highest BCUT2D eigenvalue weighted by atomic mass is 16.7. The van der Waals surface area contributed by atoms with Crippen molar-refractivity contribution < 1.29 is 38.1 Å². The second-order valence-corrected chi connectivity index (χ2v) is 6.12. The standard InChI is InChI=1S/C18H21N3O8/c1-10(22)25-9-14-16(26-11(2)23)15(20-21-19)17(27-12(3)24)18(29-14)28-13-7-5-4-6-8-13/h4-8,14-18H,9H2,1-3H3/t14?,15-,16-,17?,18-/m0/s1. The molecule has 29 heavy (non-hydrogen) atoms. The summed E-state index contributed by atoms with van der Waals surface area (Å²) in [5.41, 5.74) is 9.01. The summed E-state index contributed by atoms with van der Waals surface area (Å²) >= 11 is 0. The van der Waals surface area contributed by atoms with Gasteiger partial charge in [0.25, 0.3) is 0 Å². The maximum atomic E-state index is 11.6. The summed E-state index contributed by atoms with van der Waals surface area (Å²) in [6.07, 6.45) is -4.65. The first-order valence-corrected chi connectivity index (χ1v) is 8.71. The van der Waals surface area contributed by atoms with Crippen LogP contribution in [0.15, 0.2) is 35.4 Å². The lowest BCUT2D eigenvalue weighted by Gasteiger charge is -2.43. The quantitative estimate of drug-likeness (QED) is 0.219. The molecule has 5 atom stereocenters. The van der Waals surface area contributed by atoms with Crippen molar-refractivity contribution in [1.82, 2.24) is 0 Å². The van der Waals surface area contributed by atoms with Crippen LogP contribution in [0.1, 0.15) is 20.8 Å². The lowest BCUT2D eigenvalue weighted by molar-refractivity contribution is -0.259. The summed E-state index contributed by atoms with van der Waals surface area (Å²) in [5.74, 6) is -1.56. The van der Waals surface area contributed by atoms with Crippen LogP contribution in [0.25, 0.3) is 10.4 Å². The molecule has 2 rings (SSSR count). The smallest absolute Gasteiger partial charge is 0.303 e. The van der Waals surface area contributed by atoms with Crippen LogP contribution in [0.3, 0.4) is 0 Å². The second-order valence-electron chi connectivity index (χ2n) is 6.12. The third-order valence-electron chi connectivity index (χ3n) is 3.85. The molecule has 156 valence electrons. The number of rotatable bonds is 7. The molecular formula is C18H21N3O8. The van der Waals surface area contributed by atoms with E-state index in [-0.39, 0.29) is 6.61 Å². The van der Waals surface area contributed by atoms with Gasteiger partial charge in [0.1, 0.15) is 30.6 Å². The van der Waals surface area contributed by atoms with Gasteiger partial charge in [-0.05, 0) is 17.7 Å². The van der Waals surface area contributed by atoms with Crippen LogP contribution >= 0.6 is 0 Å². The highest BCUT2D eigenvalue weighted by Crippen LogP contribution is 2.30. The first-order chi connectivity index (χ1) is 13.8. The predicted molar refractivity (Wildman–Crippen MR) is 96.4 cm³/mol. The molecule has 1 heterocycles. The number of azide groups is 1. The highest BCUT2D eigenvalue weighted by Gasteiger charge is 2.51. The number of hydrogen-bond acceptors (Lipinski definition) is 9. The van der Waals surface area contributed by atoms with Gasteiger partial charge < -0.3 is 23.7 Å². The largest absolute Gasteiger partial charge is 0.463 e. The van der Waals surface area contributed by atoms with Gasteiger partial charge in [0.05, 0.1) is 0 Å². The van der Waals surface area contributed by atoms with Crippen molar-refractivity contribution in [1.29, 1.82) is 0 Å². The van der Waals surface area contributed by atoms with Crippen molar-refractivity contribution in [3.63, 3.8) is 0 Å². The fourth-order valence-electron chi connectivity index (χ4n) is 2.80. The Bertz CT molecular complexity index is 781. The lowest BCUT2D eigenvalue weighted by Crippen LogP contribution is -2.61. The van der Waals surface area contributed by atoms with Crippen molar-refractivity contribution in [3.8, 4) is 5.75 Å². The zero-order valence-electron chi connectivity index (χ0n) is 16.1.